The predicted molar refractivity (Wildman–Crippen MR) is 92.4 cm³/mol. The Labute approximate surface area is 137 Å². The summed E-state index contributed by atoms with van der Waals surface area (Å²) in [4.78, 5) is 8.89. The van der Waals surface area contributed by atoms with E-state index in [1.165, 1.54) is 0 Å². The monoisotopic (exact) mass is 316 g/mol. The standard InChI is InChI=1S/C17H24N4O2/c1-11(2)19-16-8-12(3)20-17(21-16)18-10-13-6-7-14(22-4)15(9-13)23-5/h6-9,11H,10H2,1-5H3,(H2,18,19,20,21). The van der Waals surface area contributed by atoms with Crippen molar-refractivity contribution in [3.63, 3.8) is 0 Å². The Balaban J connectivity index is 2.10. The van der Waals surface area contributed by atoms with Crippen LogP contribution in [0.3, 0.4) is 0 Å². The number of rotatable bonds is 7. The lowest BCUT2D eigenvalue weighted by Gasteiger charge is -2.13. The van der Waals surface area contributed by atoms with Gasteiger partial charge in [-0.15, -0.1) is 0 Å². The van der Waals surface area contributed by atoms with Crippen LogP contribution in [0.25, 0.3) is 0 Å². The zero-order valence-corrected chi connectivity index (χ0v) is 14.3. The zero-order chi connectivity index (χ0) is 16.8. The van der Waals surface area contributed by atoms with Crippen molar-refractivity contribution >= 4 is 11.8 Å². The maximum absolute atomic E-state index is 5.32. The normalized spacial score (nSPS) is 10.5. The van der Waals surface area contributed by atoms with Crippen molar-refractivity contribution in [1.82, 2.24) is 9.97 Å². The summed E-state index contributed by atoms with van der Waals surface area (Å²) in [6.45, 7) is 6.71. The molecule has 0 fully saturated rings. The Bertz CT molecular complexity index is 659. The molecule has 1 heterocycles. The van der Waals surface area contributed by atoms with Crippen molar-refractivity contribution in [2.45, 2.75) is 33.4 Å². The van der Waals surface area contributed by atoms with Gasteiger partial charge in [-0.1, -0.05) is 6.07 Å². The molecule has 6 nitrogen and oxygen atoms in total. The summed E-state index contributed by atoms with van der Waals surface area (Å²) in [6, 6.07) is 8.06. The highest BCUT2D eigenvalue weighted by molar-refractivity contribution is 5.45. The second-order valence-corrected chi connectivity index (χ2v) is 5.56. The minimum atomic E-state index is 0.322. The summed E-state index contributed by atoms with van der Waals surface area (Å²) in [7, 11) is 3.25. The van der Waals surface area contributed by atoms with Gasteiger partial charge in [-0.25, -0.2) is 4.98 Å². The number of benzene rings is 1. The molecule has 124 valence electrons. The molecule has 0 aliphatic heterocycles. The molecule has 2 aromatic rings. The van der Waals surface area contributed by atoms with Crippen molar-refractivity contribution in [2.24, 2.45) is 0 Å². The number of aryl methyl sites for hydroxylation is 1. The van der Waals surface area contributed by atoms with Crippen LogP contribution < -0.4 is 20.1 Å². The molecule has 0 aliphatic rings. The SMILES string of the molecule is COc1ccc(CNc2nc(C)cc(NC(C)C)n2)cc1OC. The molecule has 0 bridgehead atoms. The number of anilines is 2. The molecule has 23 heavy (non-hydrogen) atoms. The number of nitrogens with zero attached hydrogens (tertiary/aromatic N) is 2. The van der Waals surface area contributed by atoms with Gasteiger partial charge in [0.25, 0.3) is 0 Å². The highest BCUT2D eigenvalue weighted by atomic mass is 16.5. The van der Waals surface area contributed by atoms with Crippen molar-refractivity contribution in [1.29, 1.82) is 0 Å². The van der Waals surface area contributed by atoms with Crippen LogP contribution in [0.15, 0.2) is 24.3 Å². The number of ether oxygens (including phenoxy) is 2. The largest absolute Gasteiger partial charge is 0.493 e. The van der Waals surface area contributed by atoms with Gasteiger partial charge >= 0.3 is 0 Å². The number of aromatic nitrogens is 2. The van der Waals surface area contributed by atoms with Gasteiger partial charge in [-0.05, 0) is 38.5 Å². The molecule has 0 aliphatic carbocycles. The second-order valence-electron chi connectivity index (χ2n) is 5.56. The van der Waals surface area contributed by atoms with E-state index in [9.17, 15) is 0 Å². The average Bonchev–Trinajstić information content (AvgIpc) is 2.51. The summed E-state index contributed by atoms with van der Waals surface area (Å²) >= 11 is 0. The van der Waals surface area contributed by atoms with Gasteiger partial charge in [0.1, 0.15) is 5.82 Å². The Kier molecular flexibility index (Phi) is 5.62. The fourth-order valence-electron chi connectivity index (χ4n) is 2.19. The van der Waals surface area contributed by atoms with Crippen LogP contribution in [0.2, 0.25) is 0 Å². The van der Waals surface area contributed by atoms with E-state index < -0.39 is 0 Å². The second kappa shape index (κ2) is 7.67. The van der Waals surface area contributed by atoms with Gasteiger partial charge in [0, 0.05) is 24.3 Å². The maximum atomic E-state index is 5.32. The highest BCUT2D eigenvalue weighted by Crippen LogP contribution is 2.27. The number of nitrogens with one attached hydrogen (secondary N) is 2. The summed E-state index contributed by atoms with van der Waals surface area (Å²) in [5, 5.41) is 6.54. The smallest absolute Gasteiger partial charge is 0.225 e. The lowest BCUT2D eigenvalue weighted by molar-refractivity contribution is 0.354. The third-order valence-corrected chi connectivity index (χ3v) is 3.19. The first kappa shape index (κ1) is 16.9. The minimum Gasteiger partial charge on any atom is -0.493 e. The molecule has 0 spiro atoms. The molecule has 1 aromatic heterocycles. The molecule has 0 unspecified atom stereocenters. The van der Waals surface area contributed by atoms with E-state index in [0.29, 0.717) is 30.0 Å². The molecule has 0 atom stereocenters. The van der Waals surface area contributed by atoms with E-state index in [-0.39, 0.29) is 0 Å². The first-order valence-electron chi connectivity index (χ1n) is 7.59. The zero-order valence-electron chi connectivity index (χ0n) is 14.3. The first-order chi connectivity index (χ1) is 11.0. The Morgan fingerprint density at radius 1 is 1.04 bits per heavy atom. The predicted octanol–water partition coefficient (Wildman–Crippen LogP) is 3.23. The van der Waals surface area contributed by atoms with Gasteiger partial charge in [0.05, 0.1) is 14.2 Å². The molecule has 0 amide bonds. The fraction of sp³-hybridized carbons (Fsp3) is 0.412. The van der Waals surface area contributed by atoms with E-state index in [1.54, 1.807) is 14.2 Å². The van der Waals surface area contributed by atoms with Crippen LogP contribution in [0, 0.1) is 6.92 Å². The van der Waals surface area contributed by atoms with Crippen LogP contribution in [0.5, 0.6) is 11.5 Å². The topological polar surface area (TPSA) is 68.3 Å². The number of hydrogen-bond acceptors (Lipinski definition) is 6. The molecule has 0 saturated carbocycles. The molecule has 1 aromatic carbocycles. The first-order valence-corrected chi connectivity index (χ1v) is 7.59. The van der Waals surface area contributed by atoms with Crippen molar-refractivity contribution < 1.29 is 9.47 Å². The molecular formula is C17H24N4O2. The van der Waals surface area contributed by atoms with E-state index in [1.807, 2.05) is 31.2 Å². The molecular weight excluding hydrogens is 292 g/mol. The number of methoxy groups -OCH3 is 2. The van der Waals surface area contributed by atoms with Crippen molar-refractivity contribution in [3.05, 3.63) is 35.5 Å². The minimum absolute atomic E-state index is 0.322. The van der Waals surface area contributed by atoms with Crippen LogP contribution in [0.1, 0.15) is 25.1 Å². The maximum Gasteiger partial charge on any atom is 0.225 e. The molecule has 6 heteroatoms. The van der Waals surface area contributed by atoms with Crippen molar-refractivity contribution in [2.75, 3.05) is 24.9 Å². The molecule has 2 N–H and O–H groups in total. The molecule has 2 rings (SSSR count). The highest BCUT2D eigenvalue weighted by Gasteiger charge is 2.06. The lowest BCUT2D eigenvalue weighted by Crippen LogP contribution is -2.13. The summed E-state index contributed by atoms with van der Waals surface area (Å²) in [6.07, 6.45) is 0. The average molecular weight is 316 g/mol. The third-order valence-electron chi connectivity index (χ3n) is 3.19. The summed E-state index contributed by atoms with van der Waals surface area (Å²) in [5.41, 5.74) is 1.98. The number of hydrogen-bond donors (Lipinski definition) is 2. The Morgan fingerprint density at radius 2 is 1.78 bits per heavy atom. The Hall–Kier alpha value is -2.50. The fourth-order valence-corrected chi connectivity index (χ4v) is 2.19. The van der Waals surface area contributed by atoms with E-state index in [4.69, 9.17) is 9.47 Å². The third kappa shape index (κ3) is 4.74. The van der Waals surface area contributed by atoms with Gasteiger partial charge in [0.2, 0.25) is 5.95 Å². The Morgan fingerprint density at radius 3 is 2.43 bits per heavy atom. The summed E-state index contributed by atoms with van der Waals surface area (Å²) in [5.74, 6) is 2.84. The van der Waals surface area contributed by atoms with Crippen LogP contribution >= 0.6 is 0 Å². The molecule has 0 radical (unpaired) electrons. The van der Waals surface area contributed by atoms with E-state index in [2.05, 4.69) is 34.4 Å². The van der Waals surface area contributed by atoms with Gasteiger partial charge < -0.3 is 20.1 Å². The summed E-state index contributed by atoms with van der Waals surface area (Å²) < 4.78 is 10.6. The van der Waals surface area contributed by atoms with Crippen LogP contribution in [0.4, 0.5) is 11.8 Å². The van der Waals surface area contributed by atoms with Crippen LogP contribution in [-0.2, 0) is 6.54 Å². The van der Waals surface area contributed by atoms with Crippen LogP contribution in [-0.4, -0.2) is 30.2 Å². The lowest BCUT2D eigenvalue weighted by atomic mass is 10.2. The quantitative estimate of drug-likeness (QED) is 0.817. The van der Waals surface area contributed by atoms with Gasteiger partial charge in [-0.2, -0.15) is 4.98 Å². The molecule has 0 saturated heterocycles. The van der Waals surface area contributed by atoms with Gasteiger partial charge in [0.15, 0.2) is 11.5 Å². The van der Waals surface area contributed by atoms with Gasteiger partial charge in [-0.3, -0.25) is 0 Å². The van der Waals surface area contributed by atoms with E-state index >= 15 is 0 Å². The van der Waals surface area contributed by atoms with E-state index in [0.717, 1.165) is 17.1 Å². The van der Waals surface area contributed by atoms with Crippen molar-refractivity contribution in [3.8, 4) is 11.5 Å².